The molecule has 2 saturated heterocycles. The van der Waals surface area contributed by atoms with Crippen LogP contribution in [0.15, 0.2) is 23.1 Å². The molecule has 3 rings (SSSR count). The molecule has 0 aliphatic carbocycles. The number of nitrogens with zero attached hydrogens (tertiary/aromatic N) is 2. The summed E-state index contributed by atoms with van der Waals surface area (Å²) in [5.41, 5.74) is 1.10. The van der Waals surface area contributed by atoms with Gasteiger partial charge in [-0.3, -0.25) is 9.59 Å². The first-order chi connectivity index (χ1) is 13.4. The minimum absolute atomic E-state index is 0.000911. The fraction of sp³-hybridized carbons (Fsp3) is 0.600. The number of rotatable bonds is 5. The standard InChI is InChI=1S/C20H29N3O4S/c1-16-9-10-17(14-18(16)28(26,27)23-12-6-3-7-13-23)21-19(24)15-22-11-5-2-4-8-20(22)25/h9-10,14H,2-8,11-13,15H2,1H3,(H,21,24). The van der Waals surface area contributed by atoms with Crippen molar-refractivity contribution >= 4 is 27.5 Å². The van der Waals surface area contributed by atoms with Crippen LogP contribution < -0.4 is 5.32 Å². The third-order valence-corrected chi connectivity index (χ3v) is 7.45. The van der Waals surface area contributed by atoms with Gasteiger partial charge in [-0.2, -0.15) is 4.31 Å². The van der Waals surface area contributed by atoms with Crippen LogP contribution in [-0.4, -0.2) is 55.6 Å². The zero-order chi connectivity index (χ0) is 20.1. The van der Waals surface area contributed by atoms with Crippen LogP contribution in [0.25, 0.3) is 0 Å². The maximum absolute atomic E-state index is 13.0. The lowest BCUT2D eigenvalue weighted by molar-refractivity contribution is -0.134. The molecular weight excluding hydrogens is 378 g/mol. The molecule has 7 nitrogen and oxygen atoms in total. The van der Waals surface area contributed by atoms with Gasteiger partial charge < -0.3 is 10.2 Å². The number of hydrogen-bond acceptors (Lipinski definition) is 4. The summed E-state index contributed by atoms with van der Waals surface area (Å²) < 4.78 is 27.5. The lowest BCUT2D eigenvalue weighted by Crippen LogP contribution is -2.37. The number of anilines is 1. The molecule has 0 radical (unpaired) electrons. The molecule has 0 atom stereocenters. The molecule has 154 valence electrons. The number of amides is 2. The molecule has 28 heavy (non-hydrogen) atoms. The topological polar surface area (TPSA) is 86.8 Å². The van der Waals surface area contributed by atoms with E-state index in [4.69, 9.17) is 0 Å². The Hall–Kier alpha value is -1.93. The average Bonchev–Trinajstić information content (AvgIpc) is 2.88. The molecule has 1 aromatic carbocycles. The van der Waals surface area contributed by atoms with Crippen LogP contribution in [0.2, 0.25) is 0 Å². The van der Waals surface area contributed by atoms with Crippen molar-refractivity contribution in [3.05, 3.63) is 23.8 Å². The summed E-state index contributed by atoms with van der Waals surface area (Å²) in [7, 11) is -3.57. The van der Waals surface area contributed by atoms with Gasteiger partial charge in [-0.05, 0) is 50.3 Å². The molecule has 2 aliphatic rings. The van der Waals surface area contributed by atoms with Crippen molar-refractivity contribution in [2.45, 2.75) is 56.8 Å². The monoisotopic (exact) mass is 407 g/mol. The van der Waals surface area contributed by atoms with Crippen LogP contribution in [0.5, 0.6) is 0 Å². The minimum atomic E-state index is -3.57. The minimum Gasteiger partial charge on any atom is -0.333 e. The summed E-state index contributed by atoms with van der Waals surface area (Å²) in [6.07, 6.45) is 6.05. The van der Waals surface area contributed by atoms with E-state index in [2.05, 4.69) is 5.32 Å². The van der Waals surface area contributed by atoms with Gasteiger partial charge in [0, 0.05) is 31.7 Å². The van der Waals surface area contributed by atoms with E-state index in [1.807, 2.05) is 0 Å². The van der Waals surface area contributed by atoms with Crippen LogP contribution in [0.4, 0.5) is 5.69 Å². The van der Waals surface area contributed by atoms with E-state index >= 15 is 0 Å². The molecule has 1 N–H and O–H groups in total. The van der Waals surface area contributed by atoms with Gasteiger partial charge in [-0.15, -0.1) is 0 Å². The zero-order valence-corrected chi connectivity index (χ0v) is 17.3. The molecular formula is C20H29N3O4S. The summed E-state index contributed by atoms with van der Waals surface area (Å²) in [5, 5.41) is 2.76. The third-order valence-electron chi connectivity index (χ3n) is 5.41. The number of piperidine rings is 1. The maximum atomic E-state index is 13.0. The summed E-state index contributed by atoms with van der Waals surface area (Å²) in [5.74, 6) is -0.301. The van der Waals surface area contributed by atoms with Gasteiger partial charge in [0.15, 0.2) is 0 Å². The first-order valence-electron chi connectivity index (χ1n) is 10.1. The van der Waals surface area contributed by atoms with E-state index in [1.54, 1.807) is 24.0 Å². The van der Waals surface area contributed by atoms with E-state index in [0.29, 0.717) is 37.3 Å². The molecule has 2 amide bonds. The second-order valence-corrected chi connectivity index (χ2v) is 9.53. The van der Waals surface area contributed by atoms with Crippen LogP contribution in [0.1, 0.15) is 50.5 Å². The van der Waals surface area contributed by atoms with Gasteiger partial charge in [0.25, 0.3) is 0 Å². The van der Waals surface area contributed by atoms with Crippen molar-refractivity contribution in [3.8, 4) is 0 Å². The van der Waals surface area contributed by atoms with E-state index in [9.17, 15) is 18.0 Å². The Labute approximate surface area is 167 Å². The molecule has 0 spiro atoms. The highest BCUT2D eigenvalue weighted by Gasteiger charge is 2.28. The van der Waals surface area contributed by atoms with Crippen LogP contribution in [0, 0.1) is 6.92 Å². The van der Waals surface area contributed by atoms with Gasteiger partial charge in [-0.1, -0.05) is 18.9 Å². The van der Waals surface area contributed by atoms with Crippen molar-refractivity contribution < 1.29 is 18.0 Å². The second kappa shape index (κ2) is 9.05. The van der Waals surface area contributed by atoms with Crippen LogP contribution in [-0.2, 0) is 19.6 Å². The molecule has 2 fully saturated rings. The second-order valence-electron chi connectivity index (χ2n) is 7.62. The number of carbonyl (C=O) groups is 2. The lowest BCUT2D eigenvalue weighted by Gasteiger charge is -2.26. The van der Waals surface area contributed by atoms with Crippen molar-refractivity contribution in [3.63, 3.8) is 0 Å². The Bertz CT molecular complexity index is 832. The summed E-state index contributed by atoms with van der Waals surface area (Å²) >= 11 is 0. The number of benzene rings is 1. The van der Waals surface area contributed by atoms with Gasteiger partial charge >= 0.3 is 0 Å². The highest BCUT2D eigenvalue weighted by atomic mass is 32.2. The molecule has 2 heterocycles. The number of sulfonamides is 1. The fourth-order valence-electron chi connectivity index (χ4n) is 3.78. The number of aryl methyl sites for hydroxylation is 1. The van der Waals surface area contributed by atoms with Crippen LogP contribution >= 0.6 is 0 Å². The van der Waals surface area contributed by atoms with Gasteiger partial charge in [0.05, 0.1) is 11.4 Å². The fourth-order valence-corrected chi connectivity index (χ4v) is 5.55. The van der Waals surface area contributed by atoms with Gasteiger partial charge in [0.1, 0.15) is 0 Å². The smallest absolute Gasteiger partial charge is 0.243 e. The van der Waals surface area contributed by atoms with E-state index in [0.717, 1.165) is 38.5 Å². The van der Waals surface area contributed by atoms with Crippen molar-refractivity contribution in [2.75, 3.05) is 31.5 Å². The van der Waals surface area contributed by atoms with Crippen molar-refractivity contribution in [1.82, 2.24) is 9.21 Å². The molecule has 0 saturated carbocycles. The quantitative estimate of drug-likeness (QED) is 0.812. The summed E-state index contributed by atoms with van der Waals surface area (Å²) in [4.78, 5) is 26.3. The van der Waals surface area contributed by atoms with E-state index in [-0.39, 0.29) is 23.3 Å². The Morgan fingerprint density at radius 1 is 1.04 bits per heavy atom. The summed E-state index contributed by atoms with van der Waals surface area (Å²) in [6.45, 7) is 3.43. The zero-order valence-electron chi connectivity index (χ0n) is 16.4. The maximum Gasteiger partial charge on any atom is 0.243 e. The molecule has 8 heteroatoms. The number of nitrogens with one attached hydrogen (secondary N) is 1. The molecule has 0 unspecified atom stereocenters. The van der Waals surface area contributed by atoms with Crippen molar-refractivity contribution in [2.24, 2.45) is 0 Å². The first-order valence-corrected chi connectivity index (χ1v) is 11.5. The van der Waals surface area contributed by atoms with Gasteiger partial charge in [0.2, 0.25) is 21.8 Å². The predicted molar refractivity (Wildman–Crippen MR) is 107 cm³/mol. The SMILES string of the molecule is Cc1ccc(NC(=O)CN2CCCCCC2=O)cc1S(=O)(=O)N1CCCCC1. The predicted octanol–water partition coefficient (Wildman–Crippen LogP) is 2.51. The van der Waals surface area contributed by atoms with E-state index < -0.39 is 10.0 Å². The number of carbonyl (C=O) groups excluding carboxylic acids is 2. The van der Waals surface area contributed by atoms with E-state index in [1.165, 1.54) is 10.4 Å². The third kappa shape index (κ3) is 4.91. The normalized spacial score (nSPS) is 19.3. The molecule has 2 aliphatic heterocycles. The number of likely N-dealkylation sites (tertiary alicyclic amines) is 1. The number of hydrogen-bond donors (Lipinski definition) is 1. The molecule has 0 aromatic heterocycles. The largest absolute Gasteiger partial charge is 0.333 e. The molecule has 0 bridgehead atoms. The Balaban J connectivity index is 1.72. The van der Waals surface area contributed by atoms with Gasteiger partial charge in [-0.25, -0.2) is 8.42 Å². The average molecular weight is 408 g/mol. The van der Waals surface area contributed by atoms with Crippen LogP contribution in [0.3, 0.4) is 0 Å². The van der Waals surface area contributed by atoms with Crippen molar-refractivity contribution in [1.29, 1.82) is 0 Å². The first kappa shape index (κ1) is 20.8. The lowest BCUT2D eigenvalue weighted by atomic mass is 10.2. The Kier molecular flexibility index (Phi) is 6.72. The molecule has 1 aromatic rings. The Morgan fingerprint density at radius 3 is 2.46 bits per heavy atom. The highest BCUT2D eigenvalue weighted by Crippen LogP contribution is 2.26. The summed E-state index contributed by atoms with van der Waals surface area (Å²) in [6, 6.07) is 4.94. The Morgan fingerprint density at radius 2 is 1.71 bits per heavy atom. The highest BCUT2D eigenvalue weighted by molar-refractivity contribution is 7.89.